The molecule has 0 radical (unpaired) electrons. The smallest absolute Gasteiger partial charge is 0.374 e. The van der Waals surface area contributed by atoms with E-state index in [2.05, 4.69) is 5.32 Å². The molecular weight excluding hydrogens is 388 g/mol. The van der Waals surface area contributed by atoms with E-state index in [0.717, 1.165) is 11.6 Å². The Kier molecular flexibility index (Phi) is 5.96. The van der Waals surface area contributed by atoms with E-state index in [-0.39, 0.29) is 22.7 Å². The van der Waals surface area contributed by atoms with Gasteiger partial charge < -0.3 is 19.4 Å². The number of carbonyl (C=O) groups excluding carboxylic acids is 3. The summed E-state index contributed by atoms with van der Waals surface area (Å²) < 4.78 is 10.4. The van der Waals surface area contributed by atoms with Crippen molar-refractivity contribution < 1.29 is 23.5 Å². The van der Waals surface area contributed by atoms with E-state index in [4.69, 9.17) is 9.15 Å². The predicted molar refractivity (Wildman–Crippen MR) is 111 cm³/mol. The molecule has 8 nitrogen and oxygen atoms in total. The number of hydrogen-bond acceptors (Lipinski definition) is 6. The Balaban J connectivity index is 1.61. The highest BCUT2D eigenvalue weighted by Gasteiger charge is 2.16. The molecule has 1 heterocycles. The quantitative estimate of drug-likeness (QED) is 0.651. The molecule has 0 aliphatic heterocycles. The summed E-state index contributed by atoms with van der Waals surface area (Å²) >= 11 is 0. The SMILES string of the molecule is Cc1ccc2oc(C(=O)OCC(=O)Nc3ccc(C(=O)N(C)C)cc3)cc(=O)c2c1. The maximum absolute atomic E-state index is 12.2. The molecule has 1 aromatic heterocycles. The number of rotatable bonds is 5. The van der Waals surface area contributed by atoms with Gasteiger partial charge in [0.15, 0.2) is 12.0 Å². The van der Waals surface area contributed by atoms with Gasteiger partial charge in [-0.25, -0.2) is 4.79 Å². The molecule has 0 fully saturated rings. The van der Waals surface area contributed by atoms with E-state index in [1.54, 1.807) is 56.6 Å². The second-order valence-electron chi connectivity index (χ2n) is 6.88. The van der Waals surface area contributed by atoms with Gasteiger partial charge in [-0.3, -0.25) is 14.4 Å². The number of esters is 1. The molecular formula is C22H20N2O6. The zero-order chi connectivity index (χ0) is 21.8. The third kappa shape index (κ3) is 4.72. The van der Waals surface area contributed by atoms with Crippen LogP contribution < -0.4 is 10.7 Å². The highest BCUT2D eigenvalue weighted by atomic mass is 16.5. The topological polar surface area (TPSA) is 106 Å². The molecule has 0 atom stereocenters. The number of nitrogens with zero attached hydrogens (tertiary/aromatic N) is 1. The maximum Gasteiger partial charge on any atom is 0.374 e. The fourth-order valence-corrected chi connectivity index (χ4v) is 2.72. The average Bonchev–Trinajstić information content (AvgIpc) is 2.72. The lowest BCUT2D eigenvalue weighted by molar-refractivity contribution is -0.119. The van der Waals surface area contributed by atoms with Crippen LogP contribution in [0.15, 0.2) is 57.7 Å². The van der Waals surface area contributed by atoms with Gasteiger partial charge >= 0.3 is 5.97 Å². The van der Waals surface area contributed by atoms with Crippen molar-refractivity contribution in [3.63, 3.8) is 0 Å². The van der Waals surface area contributed by atoms with Gasteiger partial charge in [-0.2, -0.15) is 0 Å². The molecule has 3 aromatic rings. The average molecular weight is 408 g/mol. The Morgan fingerprint density at radius 3 is 2.40 bits per heavy atom. The summed E-state index contributed by atoms with van der Waals surface area (Å²) in [7, 11) is 3.29. The molecule has 1 N–H and O–H groups in total. The van der Waals surface area contributed by atoms with E-state index < -0.39 is 18.5 Å². The summed E-state index contributed by atoms with van der Waals surface area (Å²) in [4.78, 5) is 49.7. The van der Waals surface area contributed by atoms with Crippen molar-refractivity contribution in [2.24, 2.45) is 0 Å². The third-order valence-corrected chi connectivity index (χ3v) is 4.24. The van der Waals surface area contributed by atoms with Gasteiger partial charge in [0.05, 0.1) is 5.39 Å². The molecule has 0 bridgehead atoms. The highest BCUT2D eigenvalue weighted by Crippen LogP contribution is 2.15. The Labute approximate surface area is 172 Å². The monoisotopic (exact) mass is 408 g/mol. The normalized spacial score (nSPS) is 10.5. The van der Waals surface area contributed by atoms with Crippen LogP contribution in [0.5, 0.6) is 0 Å². The summed E-state index contributed by atoms with van der Waals surface area (Å²) in [5.41, 5.74) is 1.70. The molecule has 2 aromatic carbocycles. The Hall–Kier alpha value is -3.94. The van der Waals surface area contributed by atoms with Crippen LogP contribution in [0.2, 0.25) is 0 Å². The standard InChI is InChI=1S/C22H20N2O6/c1-13-4-9-18-16(10-13)17(25)11-19(30-18)22(28)29-12-20(26)23-15-7-5-14(6-8-15)21(27)24(2)3/h4-11H,12H2,1-3H3,(H,23,26). The zero-order valence-corrected chi connectivity index (χ0v) is 16.7. The van der Waals surface area contributed by atoms with Gasteiger partial charge in [0.1, 0.15) is 5.58 Å². The van der Waals surface area contributed by atoms with Gasteiger partial charge in [-0.15, -0.1) is 0 Å². The van der Waals surface area contributed by atoms with E-state index in [1.165, 1.54) is 4.90 Å². The number of ether oxygens (including phenoxy) is 1. The van der Waals surface area contributed by atoms with E-state index in [1.807, 2.05) is 6.92 Å². The molecule has 0 aliphatic carbocycles. The van der Waals surface area contributed by atoms with Gasteiger partial charge in [-0.1, -0.05) is 11.6 Å². The number of carbonyl (C=O) groups is 3. The van der Waals surface area contributed by atoms with E-state index >= 15 is 0 Å². The van der Waals surface area contributed by atoms with Crippen molar-refractivity contribution in [1.29, 1.82) is 0 Å². The second-order valence-corrected chi connectivity index (χ2v) is 6.88. The van der Waals surface area contributed by atoms with Crippen LogP contribution in [0.25, 0.3) is 11.0 Å². The molecule has 3 rings (SSSR count). The molecule has 0 spiro atoms. The number of amides is 2. The number of aryl methyl sites for hydroxylation is 1. The first-order valence-electron chi connectivity index (χ1n) is 9.08. The van der Waals surface area contributed by atoms with E-state index in [9.17, 15) is 19.2 Å². The first kappa shape index (κ1) is 20.8. The Morgan fingerprint density at radius 1 is 1.03 bits per heavy atom. The van der Waals surface area contributed by atoms with Gasteiger partial charge in [0.2, 0.25) is 5.76 Å². The minimum Gasteiger partial charge on any atom is -0.450 e. The summed E-state index contributed by atoms with van der Waals surface area (Å²) in [6, 6.07) is 12.4. The Morgan fingerprint density at radius 2 is 1.73 bits per heavy atom. The van der Waals surface area contributed by atoms with Crippen LogP contribution in [-0.2, 0) is 9.53 Å². The van der Waals surface area contributed by atoms with Gasteiger partial charge in [0.25, 0.3) is 11.8 Å². The van der Waals surface area contributed by atoms with Crippen molar-refractivity contribution in [3.8, 4) is 0 Å². The number of nitrogens with one attached hydrogen (secondary N) is 1. The fourth-order valence-electron chi connectivity index (χ4n) is 2.72. The van der Waals surface area contributed by atoms with Crippen LogP contribution in [0.4, 0.5) is 5.69 Å². The molecule has 0 unspecified atom stereocenters. The summed E-state index contributed by atoms with van der Waals surface area (Å²) in [6.45, 7) is 1.28. The zero-order valence-electron chi connectivity index (χ0n) is 16.7. The number of hydrogen-bond donors (Lipinski definition) is 1. The van der Waals surface area contributed by atoms with Crippen molar-refractivity contribution in [3.05, 3.63) is 75.6 Å². The van der Waals surface area contributed by atoms with Crippen LogP contribution in [0, 0.1) is 6.92 Å². The number of fused-ring (bicyclic) bond motifs is 1. The Bertz CT molecular complexity index is 1180. The lowest BCUT2D eigenvalue weighted by Gasteiger charge is -2.11. The maximum atomic E-state index is 12.2. The molecule has 8 heteroatoms. The summed E-state index contributed by atoms with van der Waals surface area (Å²) in [6.07, 6.45) is 0. The lowest BCUT2D eigenvalue weighted by atomic mass is 10.1. The van der Waals surface area contributed by atoms with Gasteiger partial charge in [0, 0.05) is 31.4 Å². The first-order valence-corrected chi connectivity index (χ1v) is 9.08. The largest absolute Gasteiger partial charge is 0.450 e. The molecule has 2 amide bonds. The van der Waals surface area contributed by atoms with Crippen LogP contribution in [0.3, 0.4) is 0 Å². The van der Waals surface area contributed by atoms with Crippen molar-refractivity contribution in [2.75, 3.05) is 26.0 Å². The van der Waals surface area contributed by atoms with Crippen LogP contribution >= 0.6 is 0 Å². The number of anilines is 1. The number of benzene rings is 2. The molecule has 0 saturated carbocycles. The molecule has 154 valence electrons. The minimum atomic E-state index is -0.920. The first-order chi connectivity index (χ1) is 14.2. The van der Waals surface area contributed by atoms with Crippen molar-refractivity contribution in [2.45, 2.75) is 6.92 Å². The second kappa shape index (κ2) is 8.60. The lowest BCUT2D eigenvalue weighted by Crippen LogP contribution is -2.22. The van der Waals surface area contributed by atoms with E-state index in [0.29, 0.717) is 16.6 Å². The minimum absolute atomic E-state index is 0.158. The molecule has 0 saturated heterocycles. The van der Waals surface area contributed by atoms with Crippen LogP contribution in [0.1, 0.15) is 26.5 Å². The predicted octanol–water partition coefficient (Wildman–Crippen LogP) is 2.60. The van der Waals surface area contributed by atoms with Gasteiger partial charge in [-0.05, 0) is 43.3 Å². The molecule has 0 aliphatic rings. The fraction of sp³-hybridized carbons (Fsp3) is 0.182. The van der Waals surface area contributed by atoms with Crippen LogP contribution in [-0.4, -0.2) is 43.4 Å². The summed E-state index contributed by atoms with van der Waals surface area (Å²) in [5, 5.41) is 2.92. The highest BCUT2D eigenvalue weighted by molar-refractivity contribution is 5.97. The summed E-state index contributed by atoms with van der Waals surface area (Å²) in [5.74, 6) is -1.94. The molecule has 30 heavy (non-hydrogen) atoms. The third-order valence-electron chi connectivity index (χ3n) is 4.24. The van der Waals surface area contributed by atoms with Crippen molar-refractivity contribution in [1.82, 2.24) is 4.90 Å². The van der Waals surface area contributed by atoms with Crippen molar-refractivity contribution >= 4 is 34.4 Å².